The van der Waals surface area contributed by atoms with Crippen LogP contribution in [0.1, 0.15) is 112 Å². The highest BCUT2D eigenvalue weighted by Crippen LogP contribution is 2.31. The molecule has 2 N–H and O–H groups in total. The van der Waals surface area contributed by atoms with Crippen LogP contribution in [-0.4, -0.2) is 122 Å². The first-order valence-corrected chi connectivity index (χ1v) is 19.6. The molecule has 3 aliphatic heterocycles. The second kappa shape index (κ2) is 18.1. The van der Waals surface area contributed by atoms with Crippen LogP contribution in [0, 0.1) is 5.92 Å². The monoisotopic (exact) mass is 679 g/mol. The normalized spacial score (nSPS) is 24.1. The summed E-state index contributed by atoms with van der Waals surface area (Å²) in [6.07, 6.45) is 13.9. The SMILES string of the molecule is CCOCCN1CCC(OC2CCN(C(=O)[C@H](NC(=O)c3cccc(C4CCCN(C(=O)CNC5CC5)C4)c3)C3CCCCC3)CC2)CC1. The third-order valence-corrected chi connectivity index (χ3v) is 11.6. The van der Waals surface area contributed by atoms with E-state index in [9.17, 15) is 14.4 Å². The van der Waals surface area contributed by atoms with Crippen LogP contribution in [0.5, 0.6) is 0 Å². The Morgan fingerprint density at radius 3 is 2.29 bits per heavy atom. The smallest absolute Gasteiger partial charge is 0.251 e. The number of amides is 3. The van der Waals surface area contributed by atoms with Crippen molar-refractivity contribution in [2.24, 2.45) is 5.92 Å². The number of nitrogens with one attached hydrogen (secondary N) is 2. The highest BCUT2D eigenvalue weighted by Gasteiger charge is 2.36. The van der Waals surface area contributed by atoms with Gasteiger partial charge in [-0.25, -0.2) is 0 Å². The van der Waals surface area contributed by atoms with Gasteiger partial charge in [0, 0.05) is 69.9 Å². The average molecular weight is 680 g/mol. The van der Waals surface area contributed by atoms with E-state index in [-0.39, 0.29) is 35.7 Å². The van der Waals surface area contributed by atoms with E-state index in [4.69, 9.17) is 9.47 Å². The standard InChI is InChI=1S/C39H61N5O5/c1-2-48-25-24-42-20-15-34(16-21-42)49-35-17-22-43(23-18-35)39(47)37(29-8-4-3-5-9-29)41-38(46)31-11-6-10-30(26-31)32-12-7-19-44(28-32)36(45)27-40-33-13-14-33/h6,10-11,26,29,32-35,37,40H,2-5,7-9,12-25,27-28H2,1H3,(H,41,46)/t32?,37-/m1/s1. The van der Waals surface area contributed by atoms with Gasteiger partial charge in [-0.15, -0.1) is 0 Å². The van der Waals surface area contributed by atoms with Gasteiger partial charge in [0.25, 0.3) is 5.91 Å². The van der Waals surface area contributed by atoms with Crippen LogP contribution in [0.2, 0.25) is 0 Å². The fraction of sp³-hybridized carbons (Fsp3) is 0.769. The van der Waals surface area contributed by atoms with E-state index in [1.807, 2.05) is 34.9 Å². The Hall–Kier alpha value is -2.53. The summed E-state index contributed by atoms with van der Waals surface area (Å²) < 4.78 is 12.1. The van der Waals surface area contributed by atoms with E-state index in [1.54, 1.807) is 0 Å². The molecule has 3 amide bonds. The molecular formula is C39H61N5O5. The molecule has 272 valence electrons. The molecular weight excluding hydrogens is 618 g/mol. The number of nitrogens with zero attached hydrogens (tertiary/aromatic N) is 3. The van der Waals surface area contributed by atoms with Gasteiger partial charge in [-0.3, -0.25) is 14.4 Å². The maximum absolute atomic E-state index is 14.1. The molecule has 6 rings (SSSR count). The predicted octanol–water partition coefficient (Wildman–Crippen LogP) is 4.33. The molecule has 1 aromatic rings. The number of ether oxygens (including phenoxy) is 2. The van der Waals surface area contributed by atoms with Crippen LogP contribution in [0.25, 0.3) is 0 Å². The Kier molecular flexibility index (Phi) is 13.4. The largest absolute Gasteiger partial charge is 0.380 e. The molecule has 0 radical (unpaired) electrons. The van der Waals surface area contributed by atoms with Gasteiger partial charge in [0.15, 0.2) is 0 Å². The topological polar surface area (TPSA) is 103 Å². The van der Waals surface area contributed by atoms with Crippen molar-refractivity contribution in [1.82, 2.24) is 25.3 Å². The zero-order valence-corrected chi connectivity index (χ0v) is 29.9. The van der Waals surface area contributed by atoms with Gasteiger partial charge in [0.2, 0.25) is 11.8 Å². The number of benzene rings is 1. The Bertz CT molecular complexity index is 1220. The first-order valence-electron chi connectivity index (χ1n) is 19.6. The first-order chi connectivity index (χ1) is 24.0. The van der Waals surface area contributed by atoms with Crippen LogP contribution in [-0.2, 0) is 19.1 Å². The lowest BCUT2D eigenvalue weighted by molar-refractivity contribution is -0.139. The molecule has 10 nitrogen and oxygen atoms in total. The van der Waals surface area contributed by atoms with Gasteiger partial charge in [0.1, 0.15) is 6.04 Å². The van der Waals surface area contributed by atoms with Crippen molar-refractivity contribution >= 4 is 17.7 Å². The quantitative estimate of drug-likeness (QED) is 0.282. The van der Waals surface area contributed by atoms with Crippen molar-refractivity contribution in [3.8, 4) is 0 Å². The Morgan fingerprint density at radius 1 is 0.837 bits per heavy atom. The third-order valence-electron chi connectivity index (χ3n) is 11.6. The molecule has 2 atom stereocenters. The van der Waals surface area contributed by atoms with E-state index in [2.05, 4.69) is 21.6 Å². The molecule has 0 bridgehead atoms. The molecule has 2 saturated carbocycles. The van der Waals surface area contributed by atoms with Crippen molar-refractivity contribution in [2.75, 3.05) is 65.6 Å². The number of likely N-dealkylation sites (tertiary alicyclic amines) is 3. The lowest BCUT2D eigenvalue weighted by Gasteiger charge is -2.39. The Morgan fingerprint density at radius 2 is 1.57 bits per heavy atom. The molecule has 1 unspecified atom stereocenters. The highest BCUT2D eigenvalue weighted by atomic mass is 16.5. The lowest BCUT2D eigenvalue weighted by Crippen LogP contribution is -2.55. The number of hydrogen-bond donors (Lipinski definition) is 2. The van der Waals surface area contributed by atoms with Crippen molar-refractivity contribution in [3.05, 3.63) is 35.4 Å². The number of hydrogen-bond acceptors (Lipinski definition) is 7. The van der Waals surface area contributed by atoms with Crippen molar-refractivity contribution < 1.29 is 23.9 Å². The van der Waals surface area contributed by atoms with Gasteiger partial charge in [0.05, 0.1) is 25.4 Å². The van der Waals surface area contributed by atoms with Crippen LogP contribution in [0.4, 0.5) is 0 Å². The summed E-state index contributed by atoms with van der Waals surface area (Å²) in [7, 11) is 0. The predicted molar refractivity (Wildman–Crippen MR) is 190 cm³/mol. The van der Waals surface area contributed by atoms with Crippen LogP contribution < -0.4 is 10.6 Å². The van der Waals surface area contributed by atoms with Gasteiger partial charge in [-0.05, 0) is 94.7 Å². The highest BCUT2D eigenvalue weighted by molar-refractivity contribution is 5.97. The molecule has 49 heavy (non-hydrogen) atoms. The zero-order valence-electron chi connectivity index (χ0n) is 29.9. The van der Waals surface area contributed by atoms with Crippen molar-refractivity contribution in [1.29, 1.82) is 0 Å². The molecule has 10 heteroatoms. The van der Waals surface area contributed by atoms with E-state index in [0.29, 0.717) is 43.9 Å². The summed E-state index contributed by atoms with van der Waals surface area (Å²) >= 11 is 0. The molecule has 5 aliphatic rings. The van der Waals surface area contributed by atoms with Gasteiger partial charge in [-0.1, -0.05) is 31.4 Å². The minimum absolute atomic E-state index is 0.0682. The second-order valence-corrected chi connectivity index (χ2v) is 15.2. The van der Waals surface area contributed by atoms with Crippen molar-refractivity contribution in [2.45, 2.75) is 121 Å². The second-order valence-electron chi connectivity index (χ2n) is 15.2. The molecule has 3 saturated heterocycles. The summed E-state index contributed by atoms with van der Waals surface area (Å²) in [5.74, 6) is 0.438. The summed E-state index contributed by atoms with van der Waals surface area (Å²) in [6, 6.07) is 7.90. The molecule has 0 aromatic heterocycles. The third kappa shape index (κ3) is 10.5. The van der Waals surface area contributed by atoms with Crippen LogP contribution in [0.3, 0.4) is 0 Å². The fourth-order valence-electron chi connectivity index (χ4n) is 8.40. The Balaban J connectivity index is 1.01. The zero-order chi connectivity index (χ0) is 34.0. The summed E-state index contributed by atoms with van der Waals surface area (Å²) in [6.45, 7) is 9.96. The lowest BCUT2D eigenvalue weighted by atomic mass is 9.83. The van der Waals surface area contributed by atoms with Crippen LogP contribution in [0.15, 0.2) is 24.3 Å². The molecule has 5 fully saturated rings. The minimum Gasteiger partial charge on any atom is -0.380 e. The van der Waals surface area contributed by atoms with E-state index < -0.39 is 6.04 Å². The van der Waals surface area contributed by atoms with Crippen molar-refractivity contribution in [3.63, 3.8) is 0 Å². The van der Waals surface area contributed by atoms with Gasteiger partial charge < -0.3 is 34.8 Å². The number of carbonyl (C=O) groups excluding carboxylic acids is 3. The van der Waals surface area contributed by atoms with Crippen LogP contribution >= 0.6 is 0 Å². The first kappa shape index (κ1) is 36.3. The summed E-state index contributed by atoms with van der Waals surface area (Å²) in [4.78, 5) is 47.3. The number of rotatable bonds is 14. The van der Waals surface area contributed by atoms with E-state index in [1.165, 1.54) is 19.3 Å². The summed E-state index contributed by atoms with van der Waals surface area (Å²) in [5.41, 5.74) is 1.69. The molecule has 1 aromatic carbocycles. The van der Waals surface area contributed by atoms with E-state index in [0.717, 1.165) is 109 Å². The maximum atomic E-state index is 14.1. The molecule has 3 heterocycles. The van der Waals surface area contributed by atoms with E-state index >= 15 is 0 Å². The number of piperidine rings is 3. The van der Waals surface area contributed by atoms with Gasteiger partial charge >= 0.3 is 0 Å². The van der Waals surface area contributed by atoms with Gasteiger partial charge in [-0.2, -0.15) is 0 Å². The maximum Gasteiger partial charge on any atom is 0.251 e. The minimum atomic E-state index is -0.503. The summed E-state index contributed by atoms with van der Waals surface area (Å²) in [5, 5.41) is 6.59. The molecule has 2 aliphatic carbocycles. The average Bonchev–Trinajstić information content (AvgIpc) is 3.99. The fourth-order valence-corrected chi connectivity index (χ4v) is 8.40. The number of carbonyl (C=O) groups is 3. The molecule has 0 spiro atoms. The Labute approximate surface area is 294 Å².